The number of hydrazine groups is 2. The third kappa shape index (κ3) is 14.1. The maximum atomic E-state index is 10.5. The molecule has 0 bridgehead atoms. The van der Waals surface area contributed by atoms with E-state index < -0.39 is 0 Å². The largest absolute Gasteiger partial charge is 0.323 e. The number of fused-ring (bicyclic) bond motifs is 2. The minimum atomic E-state index is -0.129. The van der Waals surface area contributed by atoms with Crippen molar-refractivity contribution in [1.29, 1.82) is 0 Å². The van der Waals surface area contributed by atoms with E-state index in [0.717, 1.165) is 73.9 Å². The fourth-order valence-corrected chi connectivity index (χ4v) is 6.75. The first-order valence-electron chi connectivity index (χ1n) is 21.7. The van der Waals surface area contributed by atoms with Gasteiger partial charge in [0.2, 0.25) is 0 Å². The second-order valence-electron chi connectivity index (χ2n) is 15.4. The average molecular weight is 890 g/mol. The Bertz CT molecular complexity index is 2900. The van der Waals surface area contributed by atoms with Crippen LogP contribution in [0.1, 0.15) is 28.0 Å². The van der Waals surface area contributed by atoms with Crippen LogP contribution in [0, 0.1) is 0 Å². The number of pyridine rings is 3. The van der Waals surface area contributed by atoms with Crippen LogP contribution < -0.4 is 21.7 Å². The van der Waals surface area contributed by atoms with E-state index in [1.165, 1.54) is 0 Å². The Morgan fingerprint density at radius 1 is 0.552 bits per heavy atom. The third-order valence-electron chi connectivity index (χ3n) is 9.72. The van der Waals surface area contributed by atoms with E-state index in [2.05, 4.69) is 71.1 Å². The number of aromatic nitrogens is 6. The van der Waals surface area contributed by atoms with Gasteiger partial charge in [0, 0.05) is 16.7 Å². The molecule has 13 heteroatoms. The molecule has 338 valence electrons. The van der Waals surface area contributed by atoms with Crippen LogP contribution in [0.25, 0.3) is 44.8 Å². The Morgan fingerprint density at radius 3 is 1.51 bits per heavy atom. The van der Waals surface area contributed by atoms with E-state index >= 15 is 0 Å². The molecule has 13 nitrogen and oxygen atoms in total. The molecule has 4 aromatic heterocycles. The minimum absolute atomic E-state index is 0.129. The number of hydrogen-bond acceptors (Lipinski definition) is 11. The summed E-state index contributed by atoms with van der Waals surface area (Å²) in [5.74, 6) is 0. The van der Waals surface area contributed by atoms with Gasteiger partial charge in [0.15, 0.2) is 12.5 Å². The standard InChI is InChI=1S/C20H19N5.C14H15N2.C12H9NO.C6H7N3.C2H7N/c1-24(2)20(25-19-14-7-6-11-17(19)22-23-25)18-13-8-12-16(21-18)15-9-4-3-5-10-15;1-16(2)11-13-9-6-10-14(15-13)12-7-4-3-5-8-12;14-9-11-7-4-8-12(13-11)10-5-2-1-3-6-10;1-2-4-6-5(3-1)7-9-8-6;1-3-2/h3-14,20H,1-2H3;3-11H,1-2H3;1-9H;1-4,7-9H;3H,1-2H3/q;+1;;;. The molecule has 0 radical (unpaired) electrons. The van der Waals surface area contributed by atoms with E-state index in [4.69, 9.17) is 4.98 Å². The molecular weight excluding hydrogens is 833 g/mol. The van der Waals surface area contributed by atoms with Crippen LogP contribution in [0.4, 0.5) is 11.4 Å². The summed E-state index contributed by atoms with van der Waals surface area (Å²) in [6.45, 7) is 0. The first-order chi connectivity index (χ1) is 32.8. The second-order valence-corrected chi connectivity index (χ2v) is 15.4. The third-order valence-corrected chi connectivity index (χ3v) is 9.72. The van der Waals surface area contributed by atoms with Gasteiger partial charge in [-0.05, 0) is 88.9 Å². The molecule has 0 aliphatic carbocycles. The molecule has 67 heavy (non-hydrogen) atoms. The number of rotatable bonds is 8. The molecular formula is C54H57N12O+. The lowest BCUT2D eigenvalue weighted by Crippen LogP contribution is -2.28. The maximum absolute atomic E-state index is 10.5. The van der Waals surface area contributed by atoms with Crippen molar-refractivity contribution in [3.63, 3.8) is 0 Å². The highest BCUT2D eigenvalue weighted by Gasteiger charge is 2.22. The van der Waals surface area contributed by atoms with Gasteiger partial charge in [0.25, 0.3) is 0 Å². The van der Waals surface area contributed by atoms with E-state index in [-0.39, 0.29) is 6.17 Å². The lowest BCUT2D eigenvalue weighted by atomic mass is 10.1. The van der Waals surface area contributed by atoms with Crippen LogP contribution in [0.2, 0.25) is 0 Å². The molecule has 0 saturated carbocycles. The zero-order valence-electron chi connectivity index (χ0n) is 38.7. The average Bonchev–Trinajstić information content (AvgIpc) is 4.04. The van der Waals surface area contributed by atoms with Gasteiger partial charge in [-0.2, -0.15) is 0 Å². The maximum Gasteiger partial charge on any atom is 0.188 e. The van der Waals surface area contributed by atoms with E-state index in [0.29, 0.717) is 5.69 Å². The Balaban J connectivity index is 0.000000153. The number of hydrogen-bond donors (Lipinski definition) is 4. The normalized spacial score (nSPS) is 11.2. The Labute approximate surface area is 392 Å². The van der Waals surface area contributed by atoms with Crippen molar-refractivity contribution in [2.24, 2.45) is 0 Å². The predicted octanol–water partition coefficient (Wildman–Crippen LogP) is 9.38. The zero-order chi connectivity index (χ0) is 47.2. The minimum Gasteiger partial charge on any atom is -0.323 e. The van der Waals surface area contributed by atoms with Gasteiger partial charge in [-0.3, -0.25) is 9.69 Å². The summed E-state index contributed by atoms with van der Waals surface area (Å²) in [7, 11) is 11.8. The highest BCUT2D eigenvalue weighted by Crippen LogP contribution is 2.26. The van der Waals surface area contributed by atoms with Gasteiger partial charge >= 0.3 is 0 Å². The summed E-state index contributed by atoms with van der Waals surface area (Å²) in [4.78, 5) is 26.3. The quantitative estimate of drug-likeness (QED) is 0.0659. The number of anilines is 2. The fourth-order valence-electron chi connectivity index (χ4n) is 6.75. The van der Waals surface area contributed by atoms with Gasteiger partial charge in [0.05, 0.1) is 39.7 Å². The topological polar surface area (TPSA) is 141 Å². The van der Waals surface area contributed by atoms with Crippen LogP contribution in [0.15, 0.2) is 194 Å². The van der Waals surface area contributed by atoms with Crippen LogP contribution in [0.5, 0.6) is 0 Å². The Morgan fingerprint density at radius 2 is 1.00 bits per heavy atom. The molecule has 0 fully saturated rings. The lowest BCUT2D eigenvalue weighted by molar-refractivity contribution is -0.458. The number of benzene rings is 5. The molecule has 0 spiro atoms. The predicted molar refractivity (Wildman–Crippen MR) is 273 cm³/mol. The lowest BCUT2D eigenvalue weighted by Gasteiger charge is -2.24. The van der Waals surface area contributed by atoms with Crippen molar-refractivity contribution in [3.8, 4) is 33.8 Å². The number of carbonyl (C=O) groups is 1. The molecule has 10 rings (SSSR count). The first kappa shape index (κ1) is 48.2. The summed E-state index contributed by atoms with van der Waals surface area (Å²) < 4.78 is 3.92. The van der Waals surface area contributed by atoms with Crippen molar-refractivity contribution in [3.05, 3.63) is 211 Å². The summed E-state index contributed by atoms with van der Waals surface area (Å²) >= 11 is 0. The molecule has 0 amide bonds. The highest BCUT2D eigenvalue weighted by atomic mass is 16.1. The van der Waals surface area contributed by atoms with Gasteiger partial charge in [0.1, 0.15) is 37.2 Å². The number of aldehydes is 1. The van der Waals surface area contributed by atoms with Crippen molar-refractivity contribution in [1.82, 2.24) is 45.7 Å². The van der Waals surface area contributed by atoms with Gasteiger partial charge in [-0.25, -0.2) is 24.2 Å². The van der Waals surface area contributed by atoms with Gasteiger partial charge in [-0.15, -0.1) is 10.6 Å². The molecule has 0 saturated heterocycles. The van der Waals surface area contributed by atoms with Crippen molar-refractivity contribution < 1.29 is 9.37 Å². The molecule has 1 atom stereocenters. The Kier molecular flexibility index (Phi) is 18.2. The van der Waals surface area contributed by atoms with E-state index in [9.17, 15) is 4.79 Å². The number of nitrogens with one attached hydrogen (secondary N) is 4. The van der Waals surface area contributed by atoms with E-state index in [1.807, 2.05) is 222 Å². The smallest absolute Gasteiger partial charge is 0.188 e. The van der Waals surface area contributed by atoms with Crippen molar-refractivity contribution in [2.75, 3.05) is 53.1 Å². The monoisotopic (exact) mass is 889 g/mol. The first-order valence-corrected chi connectivity index (χ1v) is 21.7. The summed E-state index contributed by atoms with van der Waals surface area (Å²) in [6.07, 6.45) is 2.63. The van der Waals surface area contributed by atoms with Crippen LogP contribution in [-0.4, -0.2) is 94.2 Å². The molecule has 5 aromatic carbocycles. The van der Waals surface area contributed by atoms with E-state index in [1.54, 1.807) is 6.07 Å². The zero-order valence-corrected chi connectivity index (χ0v) is 38.7. The highest BCUT2D eigenvalue weighted by molar-refractivity contribution is 5.76. The summed E-state index contributed by atoms with van der Waals surface area (Å²) in [6, 6.07) is 63.8. The summed E-state index contributed by atoms with van der Waals surface area (Å²) in [5.41, 5.74) is 21.2. The second kappa shape index (κ2) is 25.3. The molecule has 5 heterocycles. The van der Waals surface area contributed by atoms with Gasteiger partial charge < -0.3 is 16.2 Å². The number of para-hydroxylation sites is 3. The molecule has 9 aromatic rings. The summed E-state index contributed by atoms with van der Waals surface area (Å²) in [5, 5.41) is 11.4. The van der Waals surface area contributed by atoms with Crippen molar-refractivity contribution in [2.45, 2.75) is 6.17 Å². The molecule has 4 N–H and O–H groups in total. The SMILES string of the molecule is CN(C)C(c1cccc(-c2ccccc2)n1)n1nnc2ccccc21.CNC.C[N+](C)=Cc1cccc(-c2ccccc2)n1.O=Cc1cccc(-c2ccccc2)n1.c1ccc2c(c1)NNN2. The van der Waals surface area contributed by atoms with Crippen LogP contribution in [0.3, 0.4) is 0 Å². The number of carbonyl (C=O) groups excluding carboxylic acids is 1. The molecule has 1 aliphatic heterocycles. The van der Waals surface area contributed by atoms with Crippen LogP contribution in [-0.2, 0) is 0 Å². The fraction of sp³-hybridized carbons (Fsp3) is 0.130. The number of nitrogens with zero attached hydrogens (tertiary/aromatic N) is 8. The van der Waals surface area contributed by atoms with Crippen LogP contribution >= 0.6 is 0 Å². The van der Waals surface area contributed by atoms with Crippen molar-refractivity contribution >= 4 is 34.9 Å². The molecule has 1 aliphatic rings. The van der Waals surface area contributed by atoms with Gasteiger partial charge in [-0.1, -0.05) is 139 Å². The molecule has 1 unspecified atom stereocenters. The Hall–Kier alpha value is -8.23.